The molecule has 36 heavy (non-hydrogen) atoms. The van der Waals surface area contributed by atoms with Crippen LogP contribution in [0.3, 0.4) is 0 Å². The van der Waals surface area contributed by atoms with Crippen LogP contribution >= 0.6 is 0 Å². The number of nitro benzene ring substituents is 1. The molecular formula is C19H26N4O13. The smallest absolute Gasteiger partial charge is 0.270 e. The lowest BCUT2D eigenvalue weighted by Crippen LogP contribution is -2.60. The van der Waals surface area contributed by atoms with Crippen LogP contribution in [0, 0.1) is 10.1 Å². The van der Waals surface area contributed by atoms with E-state index in [-0.39, 0.29) is 17.0 Å². The predicted octanol–water partition coefficient (Wildman–Crippen LogP) is -2.59. The Labute approximate surface area is 202 Å². The molecule has 2 fully saturated rings. The van der Waals surface area contributed by atoms with Crippen LogP contribution in [0.5, 0.6) is 5.75 Å². The molecule has 0 amide bonds. The number of hydrogen-bond donors (Lipinski definition) is 7. The van der Waals surface area contributed by atoms with Gasteiger partial charge in [-0.05, 0) is 11.6 Å². The highest BCUT2D eigenvalue weighted by Gasteiger charge is 2.46. The van der Waals surface area contributed by atoms with Crippen LogP contribution in [0.1, 0.15) is 5.56 Å². The SMILES string of the molecule is [N-]=[N+]=N[C@H]1[C@H](OCc2cc([N+](=O)[O-])ccc2O[C@@H]2O[C@H](CO)[C@H](O)[C@H](O)[C@H]2O)O[C@H](CO)[C@@H](O)[C@@H]1O. The van der Waals surface area contributed by atoms with E-state index in [1.54, 1.807) is 0 Å². The zero-order valence-electron chi connectivity index (χ0n) is 18.5. The van der Waals surface area contributed by atoms with Crippen molar-refractivity contribution in [1.82, 2.24) is 0 Å². The average Bonchev–Trinajstić information content (AvgIpc) is 2.87. The summed E-state index contributed by atoms with van der Waals surface area (Å²) in [5.41, 5.74) is 8.41. The first kappa shape index (κ1) is 27.9. The molecule has 0 spiro atoms. The fourth-order valence-corrected chi connectivity index (χ4v) is 3.76. The molecule has 2 heterocycles. The average molecular weight is 518 g/mol. The number of non-ortho nitro benzene ring substituents is 1. The number of ether oxygens (including phenoxy) is 4. The first-order chi connectivity index (χ1) is 17.1. The number of aliphatic hydroxyl groups excluding tert-OH is 7. The fourth-order valence-electron chi connectivity index (χ4n) is 3.76. The molecule has 2 aliphatic heterocycles. The van der Waals surface area contributed by atoms with Crippen molar-refractivity contribution in [2.24, 2.45) is 5.11 Å². The van der Waals surface area contributed by atoms with E-state index in [1.807, 2.05) is 0 Å². The molecule has 0 aliphatic carbocycles. The number of azide groups is 1. The molecule has 0 aromatic heterocycles. The Bertz CT molecular complexity index is 961. The molecule has 1 aromatic carbocycles. The van der Waals surface area contributed by atoms with Crippen LogP contribution in [0.15, 0.2) is 23.3 Å². The van der Waals surface area contributed by atoms with Gasteiger partial charge in [-0.1, -0.05) is 5.11 Å². The summed E-state index contributed by atoms with van der Waals surface area (Å²) in [6, 6.07) is 1.84. The first-order valence-corrected chi connectivity index (χ1v) is 10.7. The van der Waals surface area contributed by atoms with Gasteiger partial charge in [-0.3, -0.25) is 10.1 Å². The van der Waals surface area contributed by atoms with Crippen LogP contribution in [0.4, 0.5) is 5.69 Å². The van der Waals surface area contributed by atoms with Gasteiger partial charge in [0.2, 0.25) is 6.29 Å². The summed E-state index contributed by atoms with van der Waals surface area (Å²) in [6.07, 6.45) is -14.0. The summed E-state index contributed by atoms with van der Waals surface area (Å²) in [4.78, 5) is 13.1. The Kier molecular flexibility index (Phi) is 9.34. The zero-order chi connectivity index (χ0) is 26.6. The molecule has 7 N–H and O–H groups in total. The van der Waals surface area contributed by atoms with Crippen molar-refractivity contribution in [2.45, 2.75) is 68.0 Å². The molecule has 2 saturated heterocycles. The number of nitro groups is 1. The Morgan fingerprint density at radius 2 is 1.58 bits per heavy atom. The molecule has 0 bridgehead atoms. The quantitative estimate of drug-likeness (QED) is 0.0582. The van der Waals surface area contributed by atoms with Gasteiger partial charge in [-0.2, -0.15) is 0 Å². The lowest BCUT2D eigenvalue weighted by atomic mass is 9.98. The third kappa shape index (κ3) is 5.83. The monoisotopic (exact) mass is 518 g/mol. The minimum Gasteiger partial charge on any atom is -0.462 e. The molecule has 0 saturated carbocycles. The molecule has 1 aromatic rings. The minimum absolute atomic E-state index is 0.00870. The standard InChI is InChI=1S/C19H26N4O13/c20-22-21-12-15(28)13(26)10(4-24)35-18(12)33-6-7-3-8(23(31)32)1-2-9(7)34-19-17(30)16(29)14(27)11(5-25)36-19/h1-3,10-19,24-30H,4-6H2/t10-,11-,12-,13-,14+,15-,16+,17-,18-,19-/m1/s1. The predicted molar refractivity (Wildman–Crippen MR) is 113 cm³/mol. The Morgan fingerprint density at radius 3 is 2.17 bits per heavy atom. The van der Waals surface area contributed by atoms with E-state index < -0.39 is 86.1 Å². The second kappa shape index (κ2) is 12.0. The second-order valence-corrected chi connectivity index (χ2v) is 8.08. The normalized spacial score (nSPS) is 36.6. The Balaban J connectivity index is 1.85. The third-order valence-corrected chi connectivity index (χ3v) is 5.78. The number of nitrogens with zero attached hydrogens (tertiary/aromatic N) is 4. The van der Waals surface area contributed by atoms with Gasteiger partial charge < -0.3 is 54.7 Å². The largest absolute Gasteiger partial charge is 0.462 e. The summed E-state index contributed by atoms with van der Waals surface area (Å²) in [5.74, 6) is -0.125. The summed E-state index contributed by atoms with van der Waals surface area (Å²) < 4.78 is 21.8. The topological polar surface area (TPSA) is 270 Å². The molecule has 17 nitrogen and oxygen atoms in total. The maximum Gasteiger partial charge on any atom is 0.270 e. The van der Waals surface area contributed by atoms with Crippen molar-refractivity contribution in [3.63, 3.8) is 0 Å². The van der Waals surface area contributed by atoms with Crippen LogP contribution in [-0.4, -0.2) is 115 Å². The number of aliphatic hydroxyl groups is 7. The molecule has 2 aliphatic rings. The van der Waals surface area contributed by atoms with Gasteiger partial charge in [0.1, 0.15) is 48.4 Å². The van der Waals surface area contributed by atoms with Crippen molar-refractivity contribution < 1.29 is 59.6 Å². The van der Waals surface area contributed by atoms with Crippen LogP contribution in [0.2, 0.25) is 0 Å². The maximum atomic E-state index is 11.3. The Morgan fingerprint density at radius 1 is 0.972 bits per heavy atom. The van der Waals surface area contributed by atoms with E-state index in [1.165, 1.54) is 0 Å². The lowest BCUT2D eigenvalue weighted by Gasteiger charge is -2.40. The second-order valence-electron chi connectivity index (χ2n) is 8.08. The van der Waals surface area contributed by atoms with Crippen molar-refractivity contribution in [1.29, 1.82) is 0 Å². The number of benzene rings is 1. The van der Waals surface area contributed by atoms with Gasteiger partial charge in [-0.15, -0.1) is 0 Å². The summed E-state index contributed by atoms with van der Waals surface area (Å²) in [7, 11) is 0. The van der Waals surface area contributed by atoms with Gasteiger partial charge in [-0.25, -0.2) is 0 Å². The van der Waals surface area contributed by atoms with Gasteiger partial charge in [0.05, 0.1) is 30.8 Å². The highest BCUT2D eigenvalue weighted by atomic mass is 16.7. The molecule has 17 heteroatoms. The minimum atomic E-state index is -1.76. The van der Waals surface area contributed by atoms with Crippen molar-refractivity contribution in [3.8, 4) is 5.75 Å². The first-order valence-electron chi connectivity index (χ1n) is 10.7. The zero-order valence-corrected chi connectivity index (χ0v) is 18.5. The molecular weight excluding hydrogens is 492 g/mol. The molecule has 3 rings (SSSR count). The molecule has 0 radical (unpaired) electrons. The maximum absolute atomic E-state index is 11.3. The van der Waals surface area contributed by atoms with Crippen molar-refractivity contribution in [2.75, 3.05) is 13.2 Å². The molecule has 0 unspecified atom stereocenters. The summed E-state index contributed by atoms with van der Waals surface area (Å²) in [5, 5.41) is 83.7. The van der Waals surface area contributed by atoms with Gasteiger partial charge in [0.25, 0.3) is 5.69 Å². The van der Waals surface area contributed by atoms with Gasteiger partial charge >= 0.3 is 0 Å². The molecule has 10 atom stereocenters. The van der Waals surface area contributed by atoms with Crippen LogP contribution < -0.4 is 4.74 Å². The van der Waals surface area contributed by atoms with E-state index in [2.05, 4.69) is 10.0 Å². The van der Waals surface area contributed by atoms with Gasteiger partial charge in [0, 0.05) is 22.6 Å². The Hall–Kier alpha value is -2.67. The lowest BCUT2D eigenvalue weighted by molar-refractivity contribution is -0.385. The highest BCUT2D eigenvalue weighted by molar-refractivity contribution is 5.43. The van der Waals surface area contributed by atoms with E-state index in [0.717, 1.165) is 18.2 Å². The van der Waals surface area contributed by atoms with Crippen LogP contribution in [0.25, 0.3) is 10.4 Å². The number of hydrogen-bond acceptors (Lipinski definition) is 14. The summed E-state index contributed by atoms with van der Waals surface area (Å²) >= 11 is 0. The fraction of sp³-hybridized carbons (Fsp3) is 0.684. The summed E-state index contributed by atoms with van der Waals surface area (Å²) in [6.45, 7) is -1.93. The van der Waals surface area contributed by atoms with E-state index in [0.29, 0.717) is 0 Å². The van der Waals surface area contributed by atoms with Crippen molar-refractivity contribution in [3.05, 3.63) is 44.3 Å². The van der Waals surface area contributed by atoms with E-state index in [9.17, 15) is 45.9 Å². The van der Waals surface area contributed by atoms with E-state index in [4.69, 9.17) is 24.5 Å². The highest BCUT2D eigenvalue weighted by Crippen LogP contribution is 2.31. The number of rotatable bonds is 9. The van der Waals surface area contributed by atoms with Crippen molar-refractivity contribution >= 4 is 5.69 Å². The third-order valence-electron chi connectivity index (χ3n) is 5.78. The molecule has 200 valence electrons. The van der Waals surface area contributed by atoms with E-state index >= 15 is 0 Å². The van der Waals surface area contributed by atoms with Crippen LogP contribution in [-0.2, 0) is 20.8 Å². The van der Waals surface area contributed by atoms with Gasteiger partial charge in [0.15, 0.2) is 6.29 Å².